The van der Waals surface area contributed by atoms with Crippen molar-refractivity contribution in [3.8, 4) is 0 Å². The highest BCUT2D eigenvalue weighted by atomic mass is 16.2. The minimum atomic E-state index is 0.250. The van der Waals surface area contributed by atoms with E-state index in [0.29, 0.717) is 0 Å². The van der Waals surface area contributed by atoms with E-state index in [2.05, 4.69) is 18.2 Å². The van der Waals surface area contributed by atoms with Crippen LogP contribution in [0.2, 0.25) is 0 Å². The standard InChI is InChI=1S/C7H12N2.CO2/c1-3-4-7-5-8-9(2)6-7;2-1-3/h5-6H,3-4H2,1-2H3;. The van der Waals surface area contributed by atoms with Crippen molar-refractivity contribution in [1.82, 2.24) is 9.78 Å². The van der Waals surface area contributed by atoms with Crippen molar-refractivity contribution in [2.75, 3.05) is 0 Å². The smallest absolute Gasteiger partial charge is 0.276 e. The van der Waals surface area contributed by atoms with Gasteiger partial charge in [-0.25, -0.2) is 0 Å². The zero-order valence-electron chi connectivity index (χ0n) is 7.28. The lowest BCUT2D eigenvalue weighted by atomic mass is 10.2. The average Bonchev–Trinajstić information content (AvgIpc) is 2.38. The van der Waals surface area contributed by atoms with E-state index in [4.69, 9.17) is 9.59 Å². The first kappa shape index (κ1) is 10.6. The van der Waals surface area contributed by atoms with Gasteiger partial charge in [-0.15, -0.1) is 0 Å². The fourth-order valence-corrected chi connectivity index (χ4v) is 0.890. The molecule has 4 nitrogen and oxygen atoms in total. The molecule has 0 saturated heterocycles. The molecule has 1 aromatic heterocycles. The van der Waals surface area contributed by atoms with Gasteiger partial charge in [-0.1, -0.05) is 13.3 Å². The Hall–Kier alpha value is -1.41. The van der Waals surface area contributed by atoms with Crippen molar-refractivity contribution >= 4 is 6.15 Å². The Labute approximate surface area is 71.2 Å². The van der Waals surface area contributed by atoms with E-state index < -0.39 is 0 Å². The molecule has 0 bridgehead atoms. The second-order valence-corrected chi connectivity index (χ2v) is 2.36. The maximum atomic E-state index is 8.12. The van der Waals surface area contributed by atoms with Crippen molar-refractivity contribution in [2.24, 2.45) is 7.05 Å². The summed E-state index contributed by atoms with van der Waals surface area (Å²) in [5.41, 5.74) is 1.33. The van der Waals surface area contributed by atoms with Crippen LogP contribution >= 0.6 is 0 Å². The van der Waals surface area contributed by atoms with Gasteiger partial charge < -0.3 is 0 Å². The summed E-state index contributed by atoms with van der Waals surface area (Å²) >= 11 is 0. The molecule has 0 amide bonds. The summed E-state index contributed by atoms with van der Waals surface area (Å²) in [5.74, 6) is 0. The summed E-state index contributed by atoms with van der Waals surface area (Å²) in [6.45, 7) is 2.17. The van der Waals surface area contributed by atoms with Crippen molar-refractivity contribution in [1.29, 1.82) is 0 Å². The van der Waals surface area contributed by atoms with E-state index >= 15 is 0 Å². The zero-order chi connectivity index (χ0) is 9.40. The van der Waals surface area contributed by atoms with Crippen LogP contribution < -0.4 is 0 Å². The molecule has 0 atom stereocenters. The lowest BCUT2D eigenvalue weighted by molar-refractivity contribution is -0.191. The van der Waals surface area contributed by atoms with Crippen molar-refractivity contribution < 1.29 is 9.59 Å². The molecule has 4 heteroatoms. The molecule has 0 saturated carbocycles. The Bertz CT molecular complexity index is 249. The summed E-state index contributed by atoms with van der Waals surface area (Å²) in [6.07, 6.45) is 6.58. The van der Waals surface area contributed by atoms with Gasteiger partial charge in [0.2, 0.25) is 0 Å². The summed E-state index contributed by atoms with van der Waals surface area (Å²) in [4.78, 5) is 16.2. The SMILES string of the molecule is CCCc1cnn(C)c1.O=C=O. The van der Waals surface area contributed by atoms with Crippen LogP contribution in [0.25, 0.3) is 0 Å². The highest BCUT2D eigenvalue weighted by molar-refractivity contribution is 5.20. The fourth-order valence-electron chi connectivity index (χ4n) is 0.890. The largest absolute Gasteiger partial charge is 0.373 e. The van der Waals surface area contributed by atoms with Crippen LogP contribution in [0, 0.1) is 0 Å². The predicted molar refractivity (Wildman–Crippen MR) is 42.2 cm³/mol. The van der Waals surface area contributed by atoms with Crippen LogP contribution in [0.4, 0.5) is 0 Å². The number of hydrogen-bond acceptors (Lipinski definition) is 3. The molecule has 0 aromatic carbocycles. The Morgan fingerprint density at radius 1 is 1.58 bits per heavy atom. The average molecular weight is 168 g/mol. The third-order valence-corrected chi connectivity index (χ3v) is 1.30. The van der Waals surface area contributed by atoms with Crippen LogP contribution in [0.1, 0.15) is 18.9 Å². The van der Waals surface area contributed by atoms with Crippen LogP contribution in [0.3, 0.4) is 0 Å². The van der Waals surface area contributed by atoms with Gasteiger partial charge in [0.1, 0.15) is 0 Å². The van der Waals surface area contributed by atoms with Crippen LogP contribution in [0.5, 0.6) is 0 Å². The van der Waals surface area contributed by atoms with Crippen molar-refractivity contribution in [2.45, 2.75) is 19.8 Å². The highest BCUT2D eigenvalue weighted by Crippen LogP contribution is 1.98. The van der Waals surface area contributed by atoms with Gasteiger partial charge in [0.25, 0.3) is 0 Å². The molecule has 0 aliphatic heterocycles. The molecule has 0 spiro atoms. The van der Waals surface area contributed by atoms with E-state index in [-0.39, 0.29) is 6.15 Å². The molecule has 1 rings (SSSR count). The Balaban J connectivity index is 0.000000354. The third-order valence-electron chi connectivity index (χ3n) is 1.30. The molecule has 0 N–H and O–H groups in total. The first-order valence-electron chi connectivity index (χ1n) is 3.71. The normalized spacial score (nSPS) is 8.17. The molecule has 12 heavy (non-hydrogen) atoms. The van der Waals surface area contributed by atoms with Gasteiger partial charge in [0, 0.05) is 13.2 Å². The third kappa shape index (κ3) is 4.41. The van der Waals surface area contributed by atoms with Gasteiger partial charge in [0.15, 0.2) is 0 Å². The van der Waals surface area contributed by atoms with Gasteiger partial charge in [0.05, 0.1) is 6.20 Å². The summed E-state index contributed by atoms with van der Waals surface area (Å²) in [7, 11) is 1.94. The lowest BCUT2D eigenvalue weighted by Gasteiger charge is -1.86. The molecule has 1 heterocycles. The molecule has 0 radical (unpaired) electrons. The topological polar surface area (TPSA) is 52.0 Å². The summed E-state index contributed by atoms with van der Waals surface area (Å²) in [5, 5.41) is 4.05. The Morgan fingerprint density at radius 3 is 2.50 bits per heavy atom. The van der Waals surface area contributed by atoms with E-state index in [0.717, 1.165) is 6.42 Å². The highest BCUT2D eigenvalue weighted by Gasteiger charge is 1.91. The quantitative estimate of drug-likeness (QED) is 0.656. The number of nitrogens with zero attached hydrogens (tertiary/aromatic N) is 2. The maximum absolute atomic E-state index is 8.12. The number of carbonyl (C=O) groups excluding carboxylic acids is 2. The first-order valence-corrected chi connectivity index (χ1v) is 3.71. The molecular formula is C8H12N2O2. The molecule has 1 aromatic rings. The number of rotatable bonds is 2. The summed E-state index contributed by atoms with van der Waals surface area (Å²) < 4.78 is 1.84. The predicted octanol–water partition coefficient (Wildman–Crippen LogP) is 0.789. The Morgan fingerprint density at radius 2 is 2.17 bits per heavy atom. The van der Waals surface area contributed by atoms with Crippen molar-refractivity contribution in [3.05, 3.63) is 18.0 Å². The van der Waals surface area contributed by atoms with Gasteiger partial charge in [-0.3, -0.25) is 4.68 Å². The monoisotopic (exact) mass is 168 g/mol. The first-order chi connectivity index (χ1) is 5.74. The van der Waals surface area contributed by atoms with E-state index in [9.17, 15) is 0 Å². The van der Waals surface area contributed by atoms with Crippen molar-refractivity contribution in [3.63, 3.8) is 0 Å². The summed E-state index contributed by atoms with van der Waals surface area (Å²) in [6, 6.07) is 0. The van der Waals surface area contributed by atoms with Crippen LogP contribution in [0.15, 0.2) is 12.4 Å². The van der Waals surface area contributed by atoms with Gasteiger partial charge >= 0.3 is 6.15 Å². The lowest BCUT2D eigenvalue weighted by Crippen LogP contribution is -1.84. The number of aromatic nitrogens is 2. The zero-order valence-corrected chi connectivity index (χ0v) is 7.28. The minimum Gasteiger partial charge on any atom is -0.276 e. The molecule has 0 aliphatic carbocycles. The molecule has 0 aliphatic rings. The molecular weight excluding hydrogens is 156 g/mol. The molecule has 0 unspecified atom stereocenters. The van der Waals surface area contributed by atoms with Gasteiger partial charge in [-0.05, 0) is 12.0 Å². The van der Waals surface area contributed by atoms with Crippen LogP contribution in [-0.2, 0) is 23.1 Å². The van der Waals surface area contributed by atoms with E-state index in [1.54, 1.807) is 0 Å². The van der Waals surface area contributed by atoms with E-state index in [1.165, 1.54) is 12.0 Å². The number of aryl methyl sites for hydroxylation is 2. The fraction of sp³-hybridized carbons (Fsp3) is 0.500. The number of hydrogen-bond donors (Lipinski definition) is 0. The minimum absolute atomic E-state index is 0.250. The molecule has 66 valence electrons. The second-order valence-electron chi connectivity index (χ2n) is 2.36. The molecule has 0 fully saturated rings. The van der Waals surface area contributed by atoms with E-state index in [1.807, 2.05) is 17.9 Å². The second kappa shape index (κ2) is 6.31. The van der Waals surface area contributed by atoms with Gasteiger partial charge in [-0.2, -0.15) is 14.7 Å². The van der Waals surface area contributed by atoms with Crippen LogP contribution in [-0.4, -0.2) is 15.9 Å². The maximum Gasteiger partial charge on any atom is 0.373 e. The Kier molecular flexibility index (Phi) is 5.57.